The largest absolute Gasteiger partial charge is 0.494 e. The maximum Gasteiger partial charge on any atom is 0.274 e. The second-order valence-electron chi connectivity index (χ2n) is 5.53. The third kappa shape index (κ3) is 4.21. The molecule has 0 saturated carbocycles. The summed E-state index contributed by atoms with van der Waals surface area (Å²) in [5, 5.41) is 13.9. The number of hydrogen-bond acceptors (Lipinski definition) is 8. The van der Waals surface area contributed by atoms with Crippen LogP contribution in [0.5, 0.6) is 5.75 Å². The summed E-state index contributed by atoms with van der Waals surface area (Å²) in [6.45, 7) is 0. The van der Waals surface area contributed by atoms with Gasteiger partial charge in [-0.25, -0.2) is 13.4 Å². The molecule has 0 aliphatic rings. The second kappa shape index (κ2) is 7.70. The van der Waals surface area contributed by atoms with Gasteiger partial charge in [0.25, 0.3) is 5.69 Å². The predicted molar refractivity (Wildman–Crippen MR) is 105 cm³/mol. The van der Waals surface area contributed by atoms with Crippen LogP contribution < -0.4 is 10.1 Å². The molecule has 3 rings (SSSR count). The van der Waals surface area contributed by atoms with Crippen molar-refractivity contribution in [1.29, 1.82) is 0 Å². The number of nitrogens with one attached hydrogen (secondary N) is 1. The maximum absolute atomic E-state index is 12.3. The van der Waals surface area contributed by atoms with Crippen molar-refractivity contribution < 1.29 is 22.9 Å². The smallest absolute Gasteiger partial charge is 0.274 e. The van der Waals surface area contributed by atoms with Gasteiger partial charge in [-0.2, -0.15) is 0 Å². The van der Waals surface area contributed by atoms with E-state index in [1.807, 2.05) is 0 Å². The number of anilines is 1. The van der Waals surface area contributed by atoms with Crippen LogP contribution in [-0.2, 0) is 14.6 Å². The predicted octanol–water partition coefficient (Wildman–Crippen LogP) is 3.28. The summed E-state index contributed by atoms with van der Waals surface area (Å²) in [5.74, 6) is -1.40. The highest BCUT2D eigenvalue weighted by Crippen LogP contribution is 2.36. The molecule has 0 saturated heterocycles. The number of benzene rings is 2. The number of non-ortho nitro benzene ring substituents is 1. The van der Waals surface area contributed by atoms with Crippen LogP contribution in [0.25, 0.3) is 10.2 Å². The molecule has 1 amide bonds. The van der Waals surface area contributed by atoms with Crippen LogP contribution in [-0.4, -0.2) is 37.1 Å². The first-order chi connectivity index (χ1) is 13.2. The van der Waals surface area contributed by atoms with Crippen molar-refractivity contribution >= 4 is 59.7 Å². The van der Waals surface area contributed by atoms with Gasteiger partial charge in [-0.05, 0) is 24.3 Å². The molecule has 0 unspecified atom stereocenters. The minimum atomic E-state index is -3.87. The van der Waals surface area contributed by atoms with Crippen molar-refractivity contribution in [3.8, 4) is 5.75 Å². The summed E-state index contributed by atoms with van der Waals surface area (Å²) in [6, 6.07) is 7.98. The van der Waals surface area contributed by atoms with Gasteiger partial charge in [-0.1, -0.05) is 22.9 Å². The Labute approximate surface area is 168 Å². The fourth-order valence-corrected chi connectivity index (χ4v) is 4.55. The summed E-state index contributed by atoms with van der Waals surface area (Å²) in [6.07, 6.45) is 0. The number of nitro groups is 1. The highest BCUT2D eigenvalue weighted by molar-refractivity contribution is 7.92. The number of carbonyl (C=O) groups is 1. The van der Waals surface area contributed by atoms with Gasteiger partial charge in [0.05, 0.1) is 27.7 Å². The molecule has 3 aromatic rings. The van der Waals surface area contributed by atoms with E-state index in [9.17, 15) is 23.3 Å². The molecule has 28 heavy (non-hydrogen) atoms. The second-order valence-corrected chi connectivity index (χ2v) is 8.99. The van der Waals surface area contributed by atoms with Crippen molar-refractivity contribution in [2.45, 2.75) is 4.90 Å². The van der Waals surface area contributed by atoms with Crippen molar-refractivity contribution in [1.82, 2.24) is 4.98 Å². The number of amides is 1. The molecule has 0 aliphatic carbocycles. The lowest BCUT2D eigenvalue weighted by Gasteiger charge is -2.04. The highest BCUT2D eigenvalue weighted by atomic mass is 35.5. The number of aromatic nitrogens is 1. The lowest BCUT2D eigenvalue weighted by atomic mass is 10.3. The lowest BCUT2D eigenvalue weighted by molar-refractivity contribution is -0.384. The number of thiazole rings is 1. The zero-order valence-corrected chi connectivity index (χ0v) is 16.6. The lowest BCUT2D eigenvalue weighted by Crippen LogP contribution is -2.22. The number of halogens is 1. The maximum atomic E-state index is 12.3. The Morgan fingerprint density at radius 1 is 1.32 bits per heavy atom. The number of methoxy groups -OCH3 is 1. The molecular formula is C16H12ClN3O6S2. The zero-order chi connectivity index (χ0) is 20.5. The molecule has 0 aliphatic heterocycles. The van der Waals surface area contributed by atoms with Crippen LogP contribution in [0.2, 0.25) is 5.02 Å². The van der Waals surface area contributed by atoms with E-state index < -0.39 is 26.4 Å². The summed E-state index contributed by atoms with van der Waals surface area (Å²) < 4.78 is 30.2. The monoisotopic (exact) mass is 441 g/mol. The molecule has 0 radical (unpaired) electrons. The van der Waals surface area contributed by atoms with Crippen molar-refractivity contribution in [2.75, 3.05) is 18.2 Å². The van der Waals surface area contributed by atoms with Gasteiger partial charge in [0, 0.05) is 11.1 Å². The molecule has 0 fully saturated rings. The van der Waals surface area contributed by atoms with Crippen LogP contribution in [0, 0.1) is 10.1 Å². The van der Waals surface area contributed by atoms with Gasteiger partial charge < -0.3 is 10.1 Å². The van der Waals surface area contributed by atoms with Crippen LogP contribution in [0.3, 0.4) is 0 Å². The number of sulfone groups is 1. The average molecular weight is 442 g/mol. The van der Waals surface area contributed by atoms with Gasteiger partial charge in [-0.3, -0.25) is 14.9 Å². The minimum Gasteiger partial charge on any atom is -0.494 e. The van der Waals surface area contributed by atoms with E-state index in [0.29, 0.717) is 15.2 Å². The quantitative estimate of drug-likeness (QED) is 0.459. The Hall–Kier alpha value is -2.76. The van der Waals surface area contributed by atoms with Crippen molar-refractivity contribution in [2.24, 2.45) is 0 Å². The van der Waals surface area contributed by atoms with Crippen LogP contribution in [0.15, 0.2) is 41.3 Å². The van der Waals surface area contributed by atoms with Crippen LogP contribution in [0.1, 0.15) is 0 Å². The first-order valence-electron chi connectivity index (χ1n) is 7.61. The van der Waals surface area contributed by atoms with Gasteiger partial charge in [0.2, 0.25) is 5.91 Å². The topological polar surface area (TPSA) is 128 Å². The number of ether oxygens (including phenoxy) is 1. The van der Waals surface area contributed by atoms with Gasteiger partial charge in [-0.15, -0.1) is 0 Å². The molecule has 12 heteroatoms. The first-order valence-corrected chi connectivity index (χ1v) is 10.5. The Morgan fingerprint density at radius 3 is 2.61 bits per heavy atom. The molecular weight excluding hydrogens is 430 g/mol. The molecule has 0 atom stereocenters. The SMILES string of the molecule is COc1cc([N+](=O)[O-])cc2sc(NC(=O)CS(=O)(=O)c3ccc(Cl)cc3)nc12. The summed E-state index contributed by atoms with van der Waals surface area (Å²) in [4.78, 5) is 26.7. The molecule has 1 heterocycles. The number of nitro benzene ring substituents is 1. The Kier molecular flexibility index (Phi) is 5.49. The zero-order valence-electron chi connectivity index (χ0n) is 14.2. The number of fused-ring (bicyclic) bond motifs is 1. The van der Waals surface area contributed by atoms with Crippen LogP contribution >= 0.6 is 22.9 Å². The van der Waals surface area contributed by atoms with Crippen molar-refractivity contribution in [3.05, 3.63) is 51.5 Å². The average Bonchev–Trinajstić information content (AvgIpc) is 3.02. The number of rotatable bonds is 6. The first kappa shape index (κ1) is 20.0. The summed E-state index contributed by atoms with van der Waals surface area (Å²) in [7, 11) is -2.52. The van der Waals surface area contributed by atoms with E-state index in [2.05, 4.69) is 10.3 Å². The van der Waals surface area contributed by atoms with E-state index >= 15 is 0 Å². The summed E-state index contributed by atoms with van der Waals surface area (Å²) in [5.41, 5.74) is 0.144. The minimum absolute atomic E-state index is 0.0337. The van der Waals surface area contributed by atoms with Gasteiger partial charge in [0.1, 0.15) is 11.3 Å². The highest BCUT2D eigenvalue weighted by Gasteiger charge is 2.21. The molecule has 0 bridgehead atoms. The number of hydrogen-bond donors (Lipinski definition) is 1. The van der Waals surface area contributed by atoms with Crippen LogP contribution in [0.4, 0.5) is 10.8 Å². The van der Waals surface area contributed by atoms with E-state index in [1.165, 1.54) is 43.5 Å². The van der Waals surface area contributed by atoms with E-state index in [0.717, 1.165) is 11.3 Å². The standard InChI is InChI=1S/C16H12ClN3O6S2/c1-26-12-6-10(20(22)23)7-13-15(12)19-16(27-13)18-14(21)8-28(24,25)11-4-2-9(17)3-5-11/h2-7H,8H2,1H3,(H,18,19,21). The number of carbonyl (C=O) groups excluding carboxylic acids is 1. The third-order valence-electron chi connectivity index (χ3n) is 3.62. The van der Waals surface area contributed by atoms with Gasteiger partial charge >= 0.3 is 0 Å². The van der Waals surface area contributed by atoms with E-state index in [-0.39, 0.29) is 21.5 Å². The number of nitrogens with zero attached hydrogens (tertiary/aromatic N) is 2. The molecule has 1 N–H and O–H groups in total. The molecule has 146 valence electrons. The van der Waals surface area contributed by atoms with Crippen molar-refractivity contribution in [3.63, 3.8) is 0 Å². The van der Waals surface area contributed by atoms with E-state index in [1.54, 1.807) is 0 Å². The fraction of sp³-hybridized carbons (Fsp3) is 0.125. The molecule has 0 spiro atoms. The Morgan fingerprint density at radius 2 is 2.00 bits per heavy atom. The Balaban J connectivity index is 1.83. The normalized spacial score (nSPS) is 11.4. The summed E-state index contributed by atoms with van der Waals surface area (Å²) >= 11 is 6.71. The third-order valence-corrected chi connectivity index (χ3v) is 6.42. The fourth-order valence-electron chi connectivity index (χ4n) is 2.35. The Bertz CT molecular complexity index is 1180. The van der Waals surface area contributed by atoms with E-state index in [4.69, 9.17) is 16.3 Å². The molecule has 1 aromatic heterocycles. The van der Waals surface area contributed by atoms with Gasteiger partial charge in [0.15, 0.2) is 20.7 Å². The molecule has 9 nitrogen and oxygen atoms in total. The molecule has 2 aromatic carbocycles.